The van der Waals surface area contributed by atoms with Crippen LogP contribution in [0.5, 0.6) is 0 Å². The number of hydrogen-bond donors (Lipinski definition) is 0. The van der Waals surface area contributed by atoms with Crippen LogP contribution in [-0.2, 0) is 26.5 Å². The molecule has 0 atom stereocenters. The van der Waals surface area contributed by atoms with Crippen molar-refractivity contribution >= 4 is 35.2 Å². The van der Waals surface area contributed by atoms with Crippen molar-refractivity contribution in [3.8, 4) is 33.6 Å². The van der Waals surface area contributed by atoms with E-state index in [-0.39, 0.29) is 20.1 Å². The maximum absolute atomic E-state index is 6.26. The van der Waals surface area contributed by atoms with Gasteiger partial charge < -0.3 is 14.4 Å². The summed E-state index contributed by atoms with van der Waals surface area (Å²) in [5.41, 5.74) is 12.0. The van der Waals surface area contributed by atoms with Crippen molar-refractivity contribution < 1.29 is 24.5 Å². The zero-order chi connectivity index (χ0) is 35.4. The van der Waals surface area contributed by atoms with Crippen LogP contribution in [-0.4, -0.2) is 18.0 Å². The van der Waals surface area contributed by atoms with E-state index in [0.717, 1.165) is 50.9 Å². The predicted molar refractivity (Wildman–Crippen MR) is 216 cm³/mol. The van der Waals surface area contributed by atoms with Gasteiger partial charge in [0.25, 0.3) is 0 Å². The van der Waals surface area contributed by atoms with E-state index in [0.29, 0.717) is 5.92 Å². The fourth-order valence-corrected chi connectivity index (χ4v) is 8.10. The summed E-state index contributed by atoms with van der Waals surface area (Å²) in [4.78, 5) is 9.31. The first-order valence-electron chi connectivity index (χ1n) is 17.6. The third-order valence-electron chi connectivity index (χ3n) is 9.27. The molecule has 0 spiro atoms. The van der Waals surface area contributed by atoms with Crippen LogP contribution >= 0.6 is 0 Å². The molecule has 0 saturated heterocycles. The monoisotopic (exact) mass is 871 g/mol. The maximum atomic E-state index is 6.26. The minimum Gasteiger partial charge on any atom is -0.501 e. The van der Waals surface area contributed by atoms with Gasteiger partial charge in [0.05, 0.1) is 13.7 Å². The van der Waals surface area contributed by atoms with Crippen LogP contribution in [0.1, 0.15) is 36.5 Å². The molecule has 0 saturated carbocycles. The predicted octanol–water partition coefficient (Wildman–Crippen LogP) is 11.9. The molecule has 8 rings (SSSR count). The number of hydrogen-bond acceptors (Lipinski definition) is 3. The molecule has 0 aliphatic rings. The third kappa shape index (κ3) is 8.24. The van der Waals surface area contributed by atoms with E-state index in [9.17, 15) is 0 Å². The normalized spacial score (nSPS) is 11.3. The zero-order valence-corrected chi connectivity index (χ0v) is 33.7. The smallest absolute Gasteiger partial charge is 0.120 e. The molecule has 3 aromatic heterocycles. The molecule has 1 radical (unpaired) electrons. The topological polar surface area (TPSA) is 38.9 Å². The van der Waals surface area contributed by atoms with Crippen molar-refractivity contribution in [3.63, 3.8) is 0 Å². The Morgan fingerprint density at radius 2 is 1.42 bits per heavy atom. The molecule has 0 unspecified atom stereocenters. The summed E-state index contributed by atoms with van der Waals surface area (Å²) in [6.45, 7) is 11.5. The Hall–Kier alpha value is -4.93. The summed E-state index contributed by atoms with van der Waals surface area (Å²) < 4.78 is 6.26. The fraction of sp³-hybridized carbons (Fsp3) is 0.149. The molecule has 0 aliphatic heterocycles. The van der Waals surface area contributed by atoms with Crippen LogP contribution in [0.2, 0.25) is 19.6 Å². The standard InChI is InChI=1S/C26H20NO.C21H22NSi.Ir/c1-17(2)19-13-14-27-24(16-19)22-10-6-9-21-23-15-20(18-7-4-3-5-8-18)11-12-25(23)28-26(21)22;1-23(2,3)21-16-22-20(18-12-8-5-9-13-18)15-19(21)14-17-10-6-4-7-11-17;/h3-9,11-17H,1-2H3;4-12,15-16H,14H2,1-3H3;/q2*-1;. The van der Waals surface area contributed by atoms with Crippen LogP contribution in [0.3, 0.4) is 0 Å². The quantitative estimate of drug-likeness (QED) is 0.118. The number of nitrogens with zero attached hydrogens (tertiary/aromatic N) is 2. The molecule has 3 heterocycles. The Bertz CT molecular complexity index is 2400. The summed E-state index contributed by atoms with van der Waals surface area (Å²) in [5.74, 6) is 0.449. The van der Waals surface area contributed by atoms with Gasteiger partial charge in [-0.3, -0.25) is 0 Å². The van der Waals surface area contributed by atoms with E-state index in [1.807, 2.05) is 36.5 Å². The Kier molecular flexibility index (Phi) is 11.5. The van der Waals surface area contributed by atoms with Crippen molar-refractivity contribution in [1.29, 1.82) is 0 Å². The van der Waals surface area contributed by atoms with E-state index in [1.165, 1.54) is 33.0 Å². The van der Waals surface area contributed by atoms with E-state index in [2.05, 4.69) is 160 Å². The molecule has 0 amide bonds. The summed E-state index contributed by atoms with van der Waals surface area (Å²) >= 11 is 0. The molecule has 261 valence electrons. The fourth-order valence-electron chi connectivity index (χ4n) is 6.52. The largest absolute Gasteiger partial charge is 0.501 e. The summed E-state index contributed by atoms with van der Waals surface area (Å²) in [6, 6.07) is 52.6. The number of furan rings is 1. The second-order valence-corrected chi connectivity index (χ2v) is 19.4. The third-order valence-corrected chi connectivity index (χ3v) is 11.3. The zero-order valence-electron chi connectivity index (χ0n) is 30.3. The minimum absolute atomic E-state index is 0. The van der Waals surface area contributed by atoms with E-state index in [4.69, 9.17) is 9.40 Å². The first-order chi connectivity index (χ1) is 24.7. The molecular weight excluding hydrogens is 829 g/mol. The second kappa shape index (κ2) is 16.2. The Labute approximate surface area is 322 Å². The molecule has 3 nitrogen and oxygen atoms in total. The van der Waals surface area contributed by atoms with Gasteiger partial charge in [0.15, 0.2) is 0 Å². The van der Waals surface area contributed by atoms with Gasteiger partial charge in [0.2, 0.25) is 0 Å². The van der Waals surface area contributed by atoms with Crippen molar-refractivity contribution in [3.05, 3.63) is 175 Å². The number of benzene rings is 5. The Balaban J connectivity index is 0.000000179. The van der Waals surface area contributed by atoms with Gasteiger partial charge in [-0.25, -0.2) is 0 Å². The van der Waals surface area contributed by atoms with Crippen LogP contribution in [0, 0.1) is 12.1 Å². The van der Waals surface area contributed by atoms with Crippen molar-refractivity contribution in [2.24, 2.45) is 0 Å². The molecule has 8 aromatic rings. The van der Waals surface area contributed by atoms with Gasteiger partial charge >= 0.3 is 0 Å². The summed E-state index contributed by atoms with van der Waals surface area (Å²) in [5, 5.41) is 3.66. The van der Waals surface area contributed by atoms with Crippen LogP contribution in [0.15, 0.2) is 150 Å². The number of aromatic nitrogens is 2. The van der Waals surface area contributed by atoms with Crippen molar-refractivity contribution in [2.45, 2.75) is 45.8 Å². The first-order valence-corrected chi connectivity index (χ1v) is 21.1. The molecule has 0 fully saturated rings. The first kappa shape index (κ1) is 36.8. The molecule has 0 bridgehead atoms. The van der Waals surface area contributed by atoms with Gasteiger partial charge in [-0.15, -0.1) is 54.1 Å². The number of rotatable bonds is 7. The summed E-state index contributed by atoms with van der Waals surface area (Å²) in [6.07, 6.45) is 4.93. The van der Waals surface area contributed by atoms with Crippen molar-refractivity contribution in [1.82, 2.24) is 9.97 Å². The molecule has 5 heteroatoms. The molecular formula is C47H42IrN2OSi-2. The van der Waals surface area contributed by atoms with Gasteiger partial charge in [-0.2, -0.15) is 0 Å². The molecule has 5 aromatic carbocycles. The molecule has 0 N–H and O–H groups in total. The van der Waals surface area contributed by atoms with Crippen molar-refractivity contribution in [2.75, 3.05) is 0 Å². The van der Waals surface area contributed by atoms with E-state index < -0.39 is 8.07 Å². The molecule has 0 aliphatic carbocycles. The second-order valence-electron chi connectivity index (χ2n) is 14.3. The van der Waals surface area contributed by atoms with E-state index >= 15 is 0 Å². The average Bonchev–Trinajstić information content (AvgIpc) is 3.54. The van der Waals surface area contributed by atoms with E-state index in [1.54, 1.807) is 0 Å². The minimum atomic E-state index is -1.43. The molecule has 52 heavy (non-hydrogen) atoms. The van der Waals surface area contributed by atoms with Crippen LogP contribution in [0.25, 0.3) is 55.6 Å². The van der Waals surface area contributed by atoms with Gasteiger partial charge in [-0.05, 0) is 63.8 Å². The van der Waals surface area contributed by atoms with Gasteiger partial charge in [0.1, 0.15) is 5.58 Å². The summed E-state index contributed by atoms with van der Waals surface area (Å²) in [7, 11) is -1.43. The Morgan fingerprint density at radius 3 is 2.13 bits per heavy atom. The average molecular weight is 871 g/mol. The SMILES string of the molecule is CC(C)c1ccnc(-c2[c-]ccc3c2oc2ccc(-c4ccccc4)cc23)c1.C[Si](C)(C)c1cnc(-c2[c-]cccc2)cc1Cc1ccccc1.[Ir]. The van der Waals surface area contributed by atoms with Crippen LogP contribution < -0.4 is 5.19 Å². The number of fused-ring (bicyclic) bond motifs is 3. The van der Waals surface area contributed by atoms with Crippen LogP contribution in [0.4, 0.5) is 0 Å². The number of pyridine rings is 2. The van der Waals surface area contributed by atoms with Gasteiger partial charge in [0, 0.05) is 37.9 Å². The van der Waals surface area contributed by atoms with Gasteiger partial charge in [-0.1, -0.05) is 134 Å². The maximum Gasteiger partial charge on any atom is 0.120 e. The Morgan fingerprint density at radius 1 is 0.673 bits per heavy atom.